The van der Waals surface area contributed by atoms with E-state index in [1.54, 1.807) is 13.0 Å². The molecule has 0 aromatic heterocycles. The molecule has 0 amide bonds. The number of carbonyl (C=O) groups excluding carboxylic acids is 1. The molecule has 0 aliphatic carbocycles. The van der Waals surface area contributed by atoms with Gasteiger partial charge in [0, 0.05) is 6.08 Å². The number of para-hydroxylation sites is 1. The molecular weight excluding hydrogens is 280 g/mol. The lowest BCUT2D eigenvalue weighted by atomic mass is 10.3. The van der Waals surface area contributed by atoms with Gasteiger partial charge in [-0.2, -0.15) is 0 Å². The standard InChI is InChI=1S/C18H18O4/c1-2-20-18(19)9-6-14-21-15-10-12-17(13-11-15)22-16-7-4-3-5-8-16/h3-13H,2,14H2,1H3/b9-6+. The molecule has 0 N–H and O–H groups in total. The lowest BCUT2D eigenvalue weighted by Gasteiger charge is -2.07. The largest absolute Gasteiger partial charge is 0.490 e. The summed E-state index contributed by atoms with van der Waals surface area (Å²) in [6.45, 7) is 2.44. The third-order valence-corrected chi connectivity index (χ3v) is 2.69. The number of esters is 1. The van der Waals surface area contributed by atoms with Gasteiger partial charge in [-0.3, -0.25) is 0 Å². The predicted octanol–water partition coefficient (Wildman–Crippen LogP) is 3.98. The van der Waals surface area contributed by atoms with Gasteiger partial charge < -0.3 is 14.2 Å². The van der Waals surface area contributed by atoms with Crippen molar-refractivity contribution < 1.29 is 19.0 Å². The van der Waals surface area contributed by atoms with Crippen LogP contribution in [0.15, 0.2) is 66.7 Å². The third-order valence-electron chi connectivity index (χ3n) is 2.69. The number of carbonyl (C=O) groups is 1. The highest BCUT2D eigenvalue weighted by Gasteiger charge is 1.98. The monoisotopic (exact) mass is 298 g/mol. The Morgan fingerprint density at radius 2 is 1.59 bits per heavy atom. The SMILES string of the molecule is CCOC(=O)/C=C/COc1ccc(Oc2ccccc2)cc1. The lowest BCUT2D eigenvalue weighted by Crippen LogP contribution is -2.00. The summed E-state index contributed by atoms with van der Waals surface area (Å²) in [7, 11) is 0. The van der Waals surface area contributed by atoms with Gasteiger partial charge in [-0.05, 0) is 49.4 Å². The smallest absolute Gasteiger partial charge is 0.330 e. The van der Waals surface area contributed by atoms with Crippen LogP contribution >= 0.6 is 0 Å². The molecule has 0 heterocycles. The molecule has 4 nitrogen and oxygen atoms in total. The van der Waals surface area contributed by atoms with E-state index in [0.29, 0.717) is 19.0 Å². The highest BCUT2D eigenvalue weighted by Crippen LogP contribution is 2.23. The molecule has 0 unspecified atom stereocenters. The molecule has 0 bridgehead atoms. The van der Waals surface area contributed by atoms with Crippen molar-refractivity contribution in [2.75, 3.05) is 13.2 Å². The molecule has 0 radical (unpaired) electrons. The summed E-state index contributed by atoms with van der Waals surface area (Å²) >= 11 is 0. The van der Waals surface area contributed by atoms with Crippen molar-refractivity contribution in [3.63, 3.8) is 0 Å². The second-order valence-electron chi connectivity index (χ2n) is 4.35. The molecule has 0 atom stereocenters. The fraction of sp³-hybridized carbons (Fsp3) is 0.167. The summed E-state index contributed by atoms with van der Waals surface area (Å²) in [5, 5.41) is 0. The van der Waals surface area contributed by atoms with Crippen molar-refractivity contribution in [2.45, 2.75) is 6.92 Å². The van der Waals surface area contributed by atoms with Crippen molar-refractivity contribution in [2.24, 2.45) is 0 Å². The Kier molecular flexibility index (Phi) is 6.05. The molecule has 114 valence electrons. The first kappa shape index (κ1) is 15.6. The van der Waals surface area contributed by atoms with Crippen molar-refractivity contribution in [1.29, 1.82) is 0 Å². The van der Waals surface area contributed by atoms with E-state index in [9.17, 15) is 4.79 Å². The fourth-order valence-electron chi connectivity index (χ4n) is 1.71. The molecular formula is C18H18O4. The predicted molar refractivity (Wildman–Crippen MR) is 84.2 cm³/mol. The van der Waals surface area contributed by atoms with E-state index >= 15 is 0 Å². The summed E-state index contributed by atoms with van der Waals surface area (Å²) in [6.07, 6.45) is 2.97. The Hall–Kier alpha value is -2.75. The topological polar surface area (TPSA) is 44.8 Å². The minimum atomic E-state index is -0.363. The Morgan fingerprint density at radius 1 is 0.955 bits per heavy atom. The molecule has 22 heavy (non-hydrogen) atoms. The number of hydrogen-bond donors (Lipinski definition) is 0. The number of ether oxygens (including phenoxy) is 3. The summed E-state index contributed by atoms with van der Waals surface area (Å²) in [5.41, 5.74) is 0. The summed E-state index contributed by atoms with van der Waals surface area (Å²) in [4.78, 5) is 11.1. The summed E-state index contributed by atoms with van der Waals surface area (Å²) in [5.74, 6) is 1.86. The Labute approximate surface area is 129 Å². The van der Waals surface area contributed by atoms with Crippen molar-refractivity contribution in [3.8, 4) is 17.2 Å². The van der Waals surface area contributed by atoms with Gasteiger partial charge in [0.1, 0.15) is 23.9 Å². The zero-order valence-electron chi connectivity index (χ0n) is 12.4. The van der Waals surface area contributed by atoms with Crippen LogP contribution in [0.2, 0.25) is 0 Å². The molecule has 4 heteroatoms. The number of rotatable bonds is 7. The molecule has 0 saturated heterocycles. The first-order valence-electron chi connectivity index (χ1n) is 7.07. The zero-order chi connectivity index (χ0) is 15.6. The lowest BCUT2D eigenvalue weighted by molar-refractivity contribution is -0.137. The van der Waals surface area contributed by atoms with E-state index in [1.165, 1.54) is 6.08 Å². The Bertz CT molecular complexity index is 603. The molecule has 0 aliphatic rings. The van der Waals surface area contributed by atoms with E-state index in [4.69, 9.17) is 14.2 Å². The van der Waals surface area contributed by atoms with Crippen molar-refractivity contribution in [1.82, 2.24) is 0 Å². The van der Waals surface area contributed by atoms with Crippen LogP contribution in [0.5, 0.6) is 17.2 Å². The average Bonchev–Trinajstić information content (AvgIpc) is 2.54. The van der Waals surface area contributed by atoms with E-state index < -0.39 is 0 Å². The minimum Gasteiger partial charge on any atom is -0.490 e. The van der Waals surface area contributed by atoms with Gasteiger partial charge in [0.05, 0.1) is 6.61 Å². The highest BCUT2D eigenvalue weighted by molar-refractivity contribution is 5.81. The zero-order valence-corrected chi connectivity index (χ0v) is 12.4. The van der Waals surface area contributed by atoms with E-state index in [0.717, 1.165) is 11.5 Å². The molecule has 2 aromatic carbocycles. The molecule has 0 saturated carbocycles. The van der Waals surface area contributed by atoms with E-state index in [2.05, 4.69) is 0 Å². The summed E-state index contributed by atoms with van der Waals surface area (Å²) < 4.78 is 15.9. The van der Waals surface area contributed by atoms with Gasteiger partial charge in [-0.25, -0.2) is 4.79 Å². The van der Waals surface area contributed by atoms with Crippen molar-refractivity contribution in [3.05, 3.63) is 66.7 Å². The van der Waals surface area contributed by atoms with Gasteiger partial charge in [0.2, 0.25) is 0 Å². The maximum atomic E-state index is 11.1. The van der Waals surface area contributed by atoms with Crippen LogP contribution in [0.4, 0.5) is 0 Å². The molecule has 2 aromatic rings. The minimum absolute atomic E-state index is 0.303. The van der Waals surface area contributed by atoms with Gasteiger partial charge in [0.15, 0.2) is 0 Å². The van der Waals surface area contributed by atoms with Gasteiger partial charge in [0.25, 0.3) is 0 Å². The van der Waals surface area contributed by atoms with Gasteiger partial charge in [-0.15, -0.1) is 0 Å². The van der Waals surface area contributed by atoms with Gasteiger partial charge in [-0.1, -0.05) is 18.2 Å². The molecule has 0 aliphatic heterocycles. The van der Waals surface area contributed by atoms with Crippen LogP contribution in [0.1, 0.15) is 6.92 Å². The molecule has 0 fully saturated rings. The fourth-order valence-corrected chi connectivity index (χ4v) is 1.71. The van der Waals surface area contributed by atoms with Crippen LogP contribution in [0.3, 0.4) is 0 Å². The van der Waals surface area contributed by atoms with E-state index in [1.807, 2.05) is 54.6 Å². The van der Waals surface area contributed by atoms with E-state index in [-0.39, 0.29) is 5.97 Å². The quantitative estimate of drug-likeness (QED) is 0.573. The second kappa shape index (κ2) is 8.52. The average molecular weight is 298 g/mol. The normalized spacial score (nSPS) is 10.4. The highest BCUT2D eigenvalue weighted by atomic mass is 16.5. The van der Waals surface area contributed by atoms with Crippen LogP contribution in [0, 0.1) is 0 Å². The van der Waals surface area contributed by atoms with Crippen LogP contribution in [0.25, 0.3) is 0 Å². The maximum absolute atomic E-state index is 11.1. The summed E-state index contributed by atoms with van der Waals surface area (Å²) in [6, 6.07) is 16.9. The molecule has 2 rings (SSSR count). The van der Waals surface area contributed by atoms with Crippen LogP contribution < -0.4 is 9.47 Å². The Balaban J connectivity index is 1.81. The Morgan fingerprint density at radius 3 is 2.27 bits per heavy atom. The molecule has 0 spiro atoms. The first-order chi connectivity index (χ1) is 10.8. The number of hydrogen-bond acceptors (Lipinski definition) is 4. The maximum Gasteiger partial charge on any atom is 0.330 e. The van der Waals surface area contributed by atoms with Crippen molar-refractivity contribution >= 4 is 5.97 Å². The second-order valence-corrected chi connectivity index (χ2v) is 4.35. The van der Waals surface area contributed by atoms with Crippen LogP contribution in [-0.2, 0) is 9.53 Å². The first-order valence-corrected chi connectivity index (χ1v) is 7.07. The number of benzene rings is 2. The van der Waals surface area contributed by atoms with Crippen LogP contribution in [-0.4, -0.2) is 19.2 Å². The third kappa shape index (κ3) is 5.32. The van der Waals surface area contributed by atoms with Gasteiger partial charge >= 0.3 is 5.97 Å².